The summed E-state index contributed by atoms with van der Waals surface area (Å²) in [7, 11) is 0. The van der Waals surface area contributed by atoms with Gasteiger partial charge < -0.3 is 19.8 Å². The number of nitrogens with zero attached hydrogens (tertiary/aromatic N) is 2. The highest BCUT2D eigenvalue weighted by Crippen LogP contribution is 2.29. The first kappa shape index (κ1) is 39.6. The van der Waals surface area contributed by atoms with Crippen molar-refractivity contribution in [2.75, 3.05) is 5.73 Å². The molecule has 0 unspecified atom stereocenters. The van der Waals surface area contributed by atoms with Gasteiger partial charge in [-0.2, -0.15) is 10.3 Å². The molecule has 0 amide bonds. The molecule has 0 spiro atoms. The van der Waals surface area contributed by atoms with Crippen molar-refractivity contribution < 1.29 is 9.05 Å². The van der Waals surface area contributed by atoms with Crippen LogP contribution in [0.5, 0.6) is 0 Å². The van der Waals surface area contributed by atoms with E-state index in [2.05, 4.69) is 157 Å². The molecule has 0 bridgehead atoms. The van der Waals surface area contributed by atoms with Crippen molar-refractivity contribution in [1.29, 1.82) is 0 Å². The molecule has 8 rings (SSSR count). The number of rotatable bonds is 0. The van der Waals surface area contributed by atoms with Gasteiger partial charge in [0.1, 0.15) is 0 Å². The highest BCUT2D eigenvalue weighted by Gasteiger charge is 2.17. The van der Waals surface area contributed by atoms with Crippen molar-refractivity contribution in [3.63, 3.8) is 0 Å². The fourth-order valence-electron chi connectivity index (χ4n) is 5.76. The highest BCUT2D eigenvalue weighted by molar-refractivity contribution is 5.87. The first-order valence-corrected chi connectivity index (χ1v) is 18.4. The lowest BCUT2D eigenvalue weighted by molar-refractivity contribution is 0.448. The predicted molar refractivity (Wildman–Crippen MR) is 224 cm³/mol. The molecule has 4 aromatic heterocycles. The molecule has 0 fully saturated rings. The van der Waals surface area contributed by atoms with Gasteiger partial charge >= 0.3 is 0 Å². The topological polar surface area (TPSA) is 143 Å². The third-order valence-corrected chi connectivity index (χ3v) is 9.44. The zero-order chi connectivity index (χ0) is 39.6. The fraction of sp³-hybridized carbons (Fsp3) is 0.356. The molecule has 284 valence electrons. The van der Waals surface area contributed by atoms with Crippen molar-refractivity contribution in [3.05, 3.63) is 124 Å². The second kappa shape index (κ2) is 15.0. The summed E-state index contributed by atoms with van der Waals surface area (Å²) >= 11 is 0. The van der Waals surface area contributed by atoms with Crippen molar-refractivity contribution in [2.45, 2.75) is 105 Å². The molecule has 0 saturated heterocycles. The number of nitrogens with two attached hydrogens (primary N) is 1. The molecule has 0 atom stereocenters. The van der Waals surface area contributed by atoms with Gasteiger partial charge in [-0.25, -0.2) is 0 Å². The standard InChI is InChI=1S/C12H15N.C11H14N2O.C11H14N2.C11H13NO2/c1-12(2,3)10-5-4-9-6-7-13-11(9)8-10;1-11(2,3)7-4-5-8-9(6-7)14-13-10(8)12;1-11(2,3)9-5-4-8-7-12-13-10(8)6-9;1-11(2,3)7-4-5-8-9(6-7)14-12-10(8)13/h4-8,13H,1-3H3;4-6H,1-3H3,(H2,12,13);4-7H,1-3H3,(H,12,13);4-6H,1-3H3,(H,12,13). The summed E-state index contributed by atoms with van der Waals surface area (Å²) in [5, 5.41) is 17.0. The molecule has 8 aromatic rings. The van der Waals surface area contributed by atoms with Crippen molar-refractivity contribution in [1.82, 2.24) is 25.5 Å². The lowest BCUT2D eigenvalue weighted by Gasteiger charge is -2.18. The fourth-order valence-corrected chi connectivity index (χ4v) is 5.76. The summed E-state index contributed by atoms with van der Waals surface area (Å²) in [6.45, 7) is 26.2. The zero-order valence-corrected chi connectivity index (χ0v) is 33.9. The summed E-state index contributed by atoms with van der Waals surface area (Å²) in [5.41, 5.74) is 14.9. The van der Waals surface area contributed by atoms with Crippen molar-refractivity contribution >= 4 is 49.6 Å². The summed E-state index contributed by atoms with van der Waals surface area (Å²) < 4.78 is 10.2. The number of hydrogen-bond acceptors (Lipinski definition) is 6. The Kier molecular flexibility index (Phi) is 11.0. The molecular formula is C45H56N6O3. The summed E-state index contributed by atoms with van der Waals surface area (Å²) in [5.74, 6) is 0.459. The average Bonchev–Trinajstić information content (AvgIpc) is 3.90. The minimum absolute atomic E-state index is 0.0734. The van der Waals surface area contributed by atoms with Crippen LogP contribution in [0.25, 0.3) is 43.7 Å². The SMILES string of the molecule is CC(C)(C)c1ccc2c(=O)[nH]oc2c1.CC(C)(C)c1ccc2c(N)noc2c1.CC(C)(C)c1ccc2cc[nH]c2c1.CC(C)(C)c1ccc2cn[nH]c2c1. The van der Waals surface area contributed by atoms with E-state index in [-0.39, 0.29) is 27.2 Å². The number of hydrogen-bond donors (Lipinski definition) is 4. The van der Waals surface area contributed by atoms with Crippen LogP contribution in [0.2, 0.25) is 0 Å². The smallest absolute Gasteiger partial charge is 0.287 e. The van der Waals surface area contributed by atoms with E-state index in [1.807, 2.05) is 36.7 Å². The van der Waals surface area contributed by atoms with Gasteiger partial charge in [0, 0.05) is 17.1 Å². The molecular weight excluding hydrogens is 673 g/mol. The van der Waals surface area contributed by atoms with Crippen LogP contribution in [0.4, 0.5) is 5.82 Å². The van der Waals surface area contributed by atoms with Gasteiger partial charge in [0.05, 0.1) is 22.5 Å². The third-order valence-electron chi connectivity index (χ3n) is 9.44. The quantitative estimate of drug-likeness (QED) is 0.122. The van der Waals surface area contributed by atoms with Crippen molar-refractivity contribution in [3.8, 4) is 0 Å². The Morgan fingerprint density at radius 3 is 1.67 bits per heavy atom. The number of benzene rings is 4. The van der Waals surface area contributed by atoms with E-state index in [1.54, 1.807) is 6.07 Å². The number of aromatic amines is 3. The van der Waals surface area contributed by atoms with Crippen LogP contribution < -0.4 is 11.3 Å². The Bertz CT molecular complexity index is 2450. The Labute approximate surface area is 317 Å². The molecule has 4 aromatic carbocycles. The van der Waals surface area contributed by atoms with E-state index in [4.69, 9.17) is 14.8 Å². The Hall–Kier alpha value is -5.57. The maximum absolute atomic E-state index is 11.2. The van der Waals surface area contributed by atoms with Gasteiger partial charge in [-0.1, -0.05) is 125 Å². The van der Waals surface area contributed by atoms with Crippen LogP contribution >= 0.6 is 0 Å². The average molecular weight is 729 g/mol. The first-order chi connectivity index (χ1) is 25.1. The molecule has 0 aliphatic rings. The number of nitrogen functional groups attached to an aromatic ring is 1. The monoisotopic (exact) mass is 728 g/mol. The molecule has 0 aliphatic carbocycles. The van der Waals surface area contributed by atoms with Gasteiger partial charge in [-0.3, -0.25) is 9.89 Å². The van der Waals surface area contributed by atoms with Gasteiger partial charge in [0.2, 0.25) is 0 Å². The molecule has 0 radical (unpaired) electrons. The van der Waals surface area contributed by atoms with Crippen LogP contribution in [-0.2, 0) is 21.7 Å². The molecule has 9 nitrogen and oxygen atoms in total. The number of aromatic nitrogens is 5. The number of nitrogens with one attached hydrogen (secondary N) is 3. The Morgan fingerprint density at radius 2 is 1.07 bits per heavy atom. The Morgan fingerprint density at radius 1 is 0.574 bits per heavy atom. The first-order valence-electron chi connectivity index (χ1n) is 18.4. The van der Waals surface area contributed by atoms with Crippen LogP contribution in [-0.4, -0.2) is 25.5 Å². The molecule has 54 heavy (non-hydrogen) atoms. The molecule has 5 N–H and O–H groups in total. The maximum Gasteiger partial charge on any atom is 0.287 e. The molecule has 4 heterocycles. The maximum atomic E-state index is 11.2. The molecule has 0 aliphatic heterocycles. The van der Waals surface area contributed by atoms with E-state index >= 15 is 0 Å². The van der Waals surface area contributed by atoms with Crippen molar-refractivity contribution in [2.24, 2.45) is 0 Å². The summed E-state index contributed by atoms with van der Waals surface area (Å²) in [4.78, 5) is 14.4. The third kappa shape index (κ3) is 9.50. The van der Waals surface area contributed by atoms with Crippen LogP contribution in [0.3, 0.4) is 0 Å². The predicted octanol–water partition coefficient (Wildman–Crippen LogP) is 11.5. The van der Waals surface area contributed by atoms with Crippen LogP contribution in [0, 0.1) is 0 Å². The normalized spacial score (nSPS) is 12.2. The van der Waals surface area contributed by atoms with Gasteiger partial charge in [0.15, 0.2) is 17.0 Å². The second-order valence-electron chi connectivity index (χ2n) is 18.0. The molecule has 9 heteroatoms. The van der Waals surface area contributed by atoms with E-state index in [0.717, 1.165) is 22.0 Å². The number of H-pyrrole nitrogens is 3. The van der Waals surface area contributed by atoms with E-state index < -0.39 is 0 Å². The van der Waals surface area contributed by atoms with Crippen LogP contribution in [0.1, 0.15) is 105 Å². The lowest BCUT2D eigenvalue weighted by Crippen LogP contribution is -2.10. The molecule has 0 saturated carbocycles. The van der Waals surface area contributed by atoms with Gasteiger partial charge in [-0.15, -0.1) is 0 Å². The minimum Gasteiger partial charge on any atom is -0.380 e. The number of anilines is 1. The zero-order valence-electron chi connectivity index (χ0n) is 33.9. The van der Waals surface area contributed by atoms with E-state index in [9.17, 15) is 4.79 Å². The summed E-state index contributed by atoms with van der Waals surface area (Å²) in [6, 6.07) is 26.9. The van der Waals surface area contributed by atoms with E-state index in [1.165, 1.54) is 33.0 Å². The highest BCUT2D eigenvalue weighted by atomic mass is 16.5. The lowest BCUT2D eigenvalue weighted by atomic mass is 9.87. The van der Waals surface area contributed by atoms with Gasteiger partial charge in [-0.05, 0) is 91.8 Å². The minimum atomic E-state index is -0.166. The number of fused-ring (bicyclic) bond motifs is 4. The largest absolute Gasteiger partial charge is 0.380 e. The van der Waals surface area contributed by atoms with Gasteiger partial charge in [0.25, 0.3) is 5.56 Å². The second-order valence-corrected chi connectivity index (χ2v) is 18.0. The van der Waals surface area contributed by atoms with E-state index in [0.29, 0.717) is 16.8 Å². The van der Waals surface area contributed by atoms with Crippen LogP contribution in [0.15, 0.2) is 105 Å². The Balaban J connectivity index is 0.000000139. The summed E-state index contributed by atoms with van der Waals surface area (Å²) in [6.07, 6.45) is 3.83.